The van der Waals surface area contributed by atoms with Crippen LogP contribution >= 0.6 is 0 Å². The van der Waals surface area contributed by atoms with E-state index in [0.717, 1.165) is 17.5 Å². The lowest BCUT2D eigenvalue weighted by molar-refractivity contribution is -0.100. The minimum atomic E-state index is -0.338. The van der Waals surface area contributed by atoms with E-state index < -0.39 is 0 Å². The van der Waals surface area contributed by atoms with Crippen LogP contribution in [-0.2, 0) is 4.74 Å². The number of carbonyl (C=O) groups is 1. The highest BCUT2D eigenvalue weighted by atomic mass is 16.5. The molecular weight excluding hydrogens is 442 g/mol. The molecule has 0 bridgehead atoms. The van der Waals surface area contributed by atoms with E-state index in [1.807, 2.05) is 18.2 Å². The number of aromatic nitrogens is 2. The minimum absolute atomic E-state index is 0.00624. The van der Waals surface area contributed by atoms with Gasteiger partial charge < -0.3 is 13.6 Å². The summed E-state index contributed by atoms with van der Waals surface area (Å²) in [4.78, 5) is 12.8. The second-order valence-electron chi connectivity index (χ2n) is 9.81. The van der Waals surface area contributed by atoms with Gasteiger partial charge in [0, 0.05) is 12.0 Å². The van der Waals surface area contributed by atoms with E-state index in [1.54, 1.807) is 18.2 Å². The fourth-order valence-corrected chi connectivity index (χ4v) is 4.55. The summed E-state index contributed by atoms with van der Waals surface area (Å²) in [5, 5.41) is 10.4. The predicted octanol–water partition coefficient (Wildman–Crippen LogP) is 6.61. The maximum Gasteiger partial charge on any atom is 0.322 e. The Hall–Kier alpha value is -3.97. The third kappa shape index (κ3) is 5.10. The number of amides is 1. The lowest BCUT2D eigenvalue weighted by Crippen LogP contribution is -2.39. The number of hydrogen-bond acceptors (Lipinski definition) is 6. The molecule has 7 nitrogen and oxygen atoms in total. The monoisotopic (exact) mass is 469 g/mol. The fraction of sp³-hybridized carbons (Fsp3) is 0.250. The topological polar surface area (TPSA) is 90.4 Å². The van der Waals surface area contributed by atoms with Gasteiger partial charge in [-0.2, -0.15) is 0 Å². The summed E-state index contributed by atoms with van der Waals surface area (Å²) in [5.74, 6) is 0.299. The van der Waals surface area contributed by atoms with Crippen LogP contribution in [-0.4, -0.2) is 27.3 Å². The van der Waals surface area contributed by atoms with Gasteiger partial charge in [-0.15, -0.1) is 5.10 Å². The van der Waals surface area contributed by atoms with Crippen LogP contribution in [0.25, 0.3) is 28.4 Å². The molecule has 2 aromatic heterocycles. The van der Waals surface area contributed by atoms with Crippen LogP contribution in [0.3, 0.4) is 0 Å². The van der Waals surface area contributed by atoms with Crippen LogP contribution < -0.4 is 5.32 Å². The zero-order valence-electron chi connectivity index (χ0n) is 20.2. The van der Waals surface area contributed by atoms with Crippen molar-refractivity contribution in [3.63, 3.8) is 0 Å². The lowest BCUT2D eigenvalue weighted by atomic mass is 9.85. The molecule has 4 aromatic rings. The summed E-state index contributed by atoms with van der Waals surface area (Å²) in [7, 11) is 0. The molecule has 0 unspecified atom stereocenters. The van der Waals surface area contributed by atoms with E-state index in [9.17, 15) is 4.79 Å². The van der Waals surface area contributed by atoms with Crippen LogP contribution in [0.1, 0.15) is 50.0 Å². The molecule has 0 spiro atoms. The number of anilines is 1. The maximum atomic E-state index is 12.8. The molecule has 178 valence electrons. The Kier molecular flexibility index (Phi) is 5.65. The molecule has 35 heavy (non-hydrogen) atoms. The smallest absolute Gasteiger partial charge is 0.322 e. The molecule has 1 N–H and O–H groups in total. The first-order chi connectivity index (χ1) is 16.7. The van der Waals surface area contributed by atoms with Crippen molar-refractivity contribution in [1.29, 1.82) is 0 Å². The molecule has 1 aliphatic rings. The standard InChI is InChI=1S/C28H27N3O4/c1-27(2)16-22(17-28(3,4)35-27)19-12-10-18(11-13-19)20-7-5-8-21(15-20)24(32)29-26-31-30-25(34-26)23-9-6-14-33-23/h5-16H,17H2,1-4H3,(H,29,31,32). The minimum Gasteiger partial charge on any atom is -0.459 e. The molecule has 0 atom stereocenters. The second-order valence-corrected chi connectivity index (χ2v) is 9.81. The number of nitrogens with one attached hydrogen (secondary N) is 1. The van der Waals surface area contributed by atoms with E-state index in [0.29, 0.717) is 11.3 Å². The lowest BCUT2D eigenvalue weighted by Gasteiger charge is -2.40. The quantitative estimate of drug-likeness (QED) is 0.354. The number of furan rings is 1. The van der Waals surface area contributed by atoms with Gasteiger partial charge in [0.1, 0.15) is 0 Å². The summed E-state index contributed by atoms with van der Waals surface area (Å²) in [6.07, 6.45) is 4.56. The molecule has 0 saturated carbocycles. The van der Waals surface area contributed by atoms with Gasteiger partial charge in [-0.25, -0.2) is 0 Å². The third-order valence-corrected chi connectivity index (χ3v) is 5.77. The van der Waals surface area contributed by atoms with Crippen molar-refractivity contribution in [1.82, 2.24) is 10.2 Å². The zero-order chi connectivity index (χ0) is 24.6. The molecule has 2 aromatic carbocycles. The molecule has 1 amide bonds. The molecule has 5 rings (SSSR count). The second kappa shape index (κ2) is 8.67. The van der Waals surface area contributed by atoms with Crippen LogP contribution in [0.2, 0.25) is 0 Å². The summed E-state index contributed by atoms with van der Waals surface area (Å²) in [6, 6.07) is 19.3. The number of benzene rings is 2. The van der Waals surface area contributed by atoms with E-state index in [4.69, 9.17) is 13.6 Å². The average molecular weight is 470 g/mol. The first-order valence-electron chi connectivity index (χ1n) is 11.5. The fourth-order valence-electron chi connectivity index (χ4n) is 4.55. The summed E-state index contributed by atoms with van der Waals surface area (Å²) in [5.41, 5.74) is 4.37. The number of hydrogen-bond donors (Lipinski definition) is 1. The third-order valence-electron chi connectivity index (χ3n) is 5.77. The predicted molar refractivity (Wildman–Crippen MR) is 134 cm³/mol. The number of nitrogens with zero attached hydrogens (tertiary/aromatic N) is 2. The number of ether oxygens (including phenoxy) is 1. The van der Waals surface area contributed by atoms with Crippen molar-refractivity contribution >= 4 is 17.5 Å². The van der Waals surface area contributed by atoms with Crippen molar-refractivity contribution < 1.29 is 18.4 Å². The Balaban J connectivity index is 1.32. The molecule has 1 aliphatic heterocycles. The van der Waals surface area contributed by atoms with E-state index in [1.165, 1.54) is 17.4 Å². The van der Waals surface area contributed by atoms with Gasteiger partial charge in [0.05, 0.1) is 17.5 Å². The summed E-state index contributed by atoms with van der Waals surface area (Å²) in [6.45, 7) is 8.42. The summed E-state index contributed by atoms with van der Waals surface area (Å²) < 4.78 is 16.9. The van der Waals surface area contributed by atoms with Crippen molar-refractivity contribution in [3.8, 4) is 22.8 Å². The normalized spacial score (nSPS) is 16.5. The van der Waals surface area contributed by atoms with Gasteiger partial charge in [0.2, 0.25) is 0 Å². The van der Waals surface area contributed by atoms with Crippen LogP contribution in [0, 0.1) is 0 Å². The first-order valence-corrected chi connectivity index (χ1v) is 11.5. The molecule has 0 fully saturated rings. The van der Waals surface area contributed by atoms with Gasteiger partial charge in [0.25, 0.3) is 11.8 Å². The highest BCUT2D eigenvalue weighted by Gasteiger charge is 2.34. The van der Waals surface area contributed by atoms with E-state index in [2.05, 4.69) is 73.6 Å². The average Bonchev–Trinajstić information content (AvgIpc) is 3.49. The zero-order valence-corrected chi connectivity index (χ0v) is 20.2. The molecule has 0 saturated heterocycles. The highest BCUT2D eigenvalue weighted by molar-refractivity contribution is 6.03. The molecule has 7 heteroatoms. The van der Waals surface area contributed by atoms with Gasteiger partial charge in [-0.05, 0) is 80.3 Å². The van der Waals surface area contributed by atoms with Crippen molar-refractivity contribution in [3.05, 3.63) is 84.1 Å². The van der Waals surface area contributed by atoms with Gasteiger partial charge in [-0.3, -0.25) is 10.1 Å². The maximum absolute atomic E-state index is 12.8. The van der Waals surface area contributed by atoms with Crippen molar-refractivity contribution in [2.75, 3.05) is 5.32 Å². The molecular formula is C28H27N3O4. The molecule has 0 aliphatic carbocycles. The van der Waals surface area contributed by atoms with Gasteiger partial charge in [0.15, 0.2) is 5.76 Å². The van der Waals surface area contributed by atoms with Crippen molar-refractivity contribution in [2.45, 2.75) is 45.3 Å². The molecule has 0 radical (unpaired) electrons. The Labute approximate surface area is 203 Å². The summed E-state index contributed by atoms with van der Waals surface area (Å²) >= 11 is 0. The van der Waals surface area contributed by atoms with E-state index >= 15 is 0 Å². The number of carbonyl (C=O) groups excluding carboxylic acids is 1. The van der Waals surface area contributed by atoms with Gasteiger partial charge >= 0.3 is 6.01 Å². The Morgan fingerprint density at radius 1 is 0.914 bits per heavy atom. The largest absolute Gasteiger partial charge is 0.459 e. The van der Waals surface area contributed by atoms with Gasteiger partial charge in [-0.1, -0.05) is 41.5 Å². The SMILES string of the molecule is CC1(C)C=C(c2ccc(-c3cccc(C(=O)Nc4nnc(-c5ccco5)o4)c3)cc2)CC(C)(C)O1. The van der Waals surface area contributed by atoms with Crippen LogP contribution in [0.4, 0.5) is 6.01 Å². The highest BCUT2D eigenvalue weighted by Crippen LogP contribution is 2.38. The van der Waals surface area contributed by atoms with E-state index in [-0.39, 0.29) is 29.0 Å². The first kappa shape index (κ1) is 22.8. The van der Waals surface area contributed by atoms with Crippen molar-refractivity contribution in [2.24, 2.45) is 0 Å². The Morgan fingerprint density at radius 2 is 1.69 bits per heavy atom. The Bertz CT molecular complexity index is 1380. The molecule has 3 heterocycles. The van der Waals surface area contributed by atoms with Crippen LogP contribution in [0.5, 0.6) is 0 Å². The van der Waals surface area contributed by atoms with Crippen LogP contribution in [0.15, 0.2) is 81.8 Å². The Morgan fingerprint density at radius 3 is 2.40 bits per heavy atom. The number of rotatable bonds is 5.